The summed E-state index contributed by atoms with van der Waals surface area (Å²) in [5, 5.41) is 12.6. The number of fused-ring (bicyclic) bond motifs is 1. The van der Waals surface area contributed by atoms with Gasteiger partial charge >= 0.3 is 6.09 Å². The Morgan fingerprint density at radius 3 is 2.46 bits per heavy atom. The standard InChI is InChI=1S/C22H22N4O7S2/c1-13-23-18-17(34-13)12-26(35(30,31)16-10-8-15(32-2)9-11-16)19(21(27)25-29)20(18)33-22(28)24-14-6-4-3-5-7-14/h3-11,19-20,29H,12H2,1-2H3,(H,24,28)(H,25,27). The van der Waals surface area contributed by atoms with Crippen LogP contribution in [0.3, 0.4) is 0 Å². The summed E-state index contributed by atoms with van der Waals surface area (Å²) in [5.41, 5.74) is 2.19. The van der Waals surface area contributed by atoms with Crippen LogP contribution in [0.2, 0.25) is 0 Å². The molecule has 13 heteroatoms. The number of nitrogens with zero attached hydrogens (tertiary/aromatic N) is 2. The van der Waals surface area contributed by atoms with Gasteiger partial charge in [-0.15, -0.1) is 11.3 Å². The predicted molar refractivity (Wildman–Crippen MR) is 126 cm³/mol. The lowest BCUT2D eigenvalue weighted by atomic mass is 10.0. The first-order valence-electron chi connectivity index (χ1n) is 10.3. The summed E-state index contributed by atoms with van der Waals surface area (Å²) < 4.78 is 38.8. The average molecular weight is 519 g/mol. The Kier molecular flexibility index (Phi) is 7.03. The number of methoxy groups -OCH3 is 1. The maximum Gasteiger partial charge on any atom is 0.412 e. The second kappa shape index (κ2) is 10.00. The monoisotopic (exact) mass is 518 g/mol. The Labute approximate surface area is 205 Å². The maximum atomic E-state index is 13.6. The van der Waals surface area contributed by atoms with E-state index in [0.717, 1.165) is 4.31 Å². The first kappa shape index (κ1) is 24.6. The van der Waals surface area contributed by atoms with E-state index >= 15 is 0 Å². The van der Waals surface area contributed by atoms with E-state index in [1.807, 2.05) is 0 Å². The number of sulfonamides is 1. The van der Waals surface area contributed by atoms with Gasteiger partial charge in [-0.3, -0.25) is 15.3 Å². The zero-order valence-corrected chi connectivity index (χ0v) is 20.3. The zero-order valence-electron chi connectivity index (χ0n) is 18.7. The number of amides is 2. The fourth-order valence-electron chi connectivity index (χ4n) is 3.72. The number of para-hydroxylation sites is 1. The van der Waals surface area contributed by atoms with Crippen molar-refractivity contribution < 1.29 is 32.7 Å². The largest absolute Gasteiger partial charge is 0.497 e. The SMILES string of the molecule is COc1ccc(S(=O)(=O)N2Cc3sc(C)nc3C(OC(=O)Nc3ccccc3)C2C(=O)NO)cc1. The van der Waals surface area contributed by atoms with Gasteiger partial charge in [0.15, 0.2) is 6.10 Å². The Bertz CT molecular complexity index is 1330. The van der Waals surface area contributed by atoms with Gasteiger partial charge in [0.05, 0.1) is 29.3 Å². The minimum atomic E-state index is -4.28. The van der Waals surface area contributed by atoms with Crippen molar-refractivity contribution >= 4 is 39.0 Å². The normalized spacial score (nSPS) is 17.8. The van der Waals surface area contributed by atoms with Crippen LogP contribution in [0, 0.1) is 6.92 Å². The van der Waals surface area contributed by atoms with E-state index in [-0.39, 0.29) is 17.1 Å². The predicted octanol–water partition coefficient (Wildman–Crippen LogP) is 2.83. The molecule has 35 heavy (non-hydrogen) atoms. The van der Waals surface area contributed by atoms with Crippen molar-refractivity contribution in [1.82, 2.24) is 14.8 Å². The average Bonchev–Trinajstić information content (AvgIpc) is 3.24. The van der Waals surface area contributed by atoms with Crippen LogP contribution < -0.4 is 15.5 Å². The van der Waals surface area contributed by atoms with Crippen LogP contribution in [0.25, 0.3) is 0 Å². The third-order valence-corrected chi connectivity index (χ3v) is 8.11. The molecule has 0 radical (unpaired) electrons. The van der Waals surface area contributed by atoms with E-state index in [2.05, 4.69) is 10.3 Å². The van der Waals surface area contributed by atoms with Crippen molar-refractivity contribution in [3.05, 3.63) is 70.2 Å². The summed E-state index contributed by atoms with van der Waals surface area (Å²) in [4.78, 5) is 30.3. The number of hydroxylamine groups is 1. The molecule has 184 valence electrons. The second-order valence-corrected chi connectivity index (χ2v) is 10.7. The summed E-state index contributed by atoms with van der Waals surface area (Å²) in [6.45, 7) is 1.51. The number of hydrogen-bond donors (Lipinski definition) is 3. The highest BCUT2D eigenvalue weighted by Crippen LogP contribution is 2.40. The quantitative estimate of drug-likeness (QED) is 0.333. The van der Waals surface area contributed by atoms with Crippen LogP contribution in [0.15, 0.2) is 59.5 Å². The molecule has 2 heterocycles. The summed E-state index contributed by atoms with van der Waals surface area (Å²) in [6, 6.07) is 12.5. The minimum Gasteiger partial charge on any atom is -0.497 e. The third kappa shape index (κ3) is 4.98. The highest BCUT2D eigenvalue weighted by molar-refractivity contribution is 7.89. The summed E-state index contributed by atoms with van der Waals surface area (Å²) >= 11 is 1.22. The number of anilines is 1. The highest BCUT2D eigenvalue weighted by Gasteiger charge is 2.49. The molecule has 2 unspecified atom stereocenters. The first-order chi connectivity index (χ1) is 16.7. The van der Waals surface area contributed by atoms with Crippen LogP contribution in [0.5, 0.6) is 5.75 Å². The van der Waals surface area contributed by atoms with Gasteiger partial charge < -0.3 is 9.47 Å². The van der Waals surface area contributed by atoms with Crippen molar-refractivity contribution in [3.8, 4) is 5.75 Å². The van der Waals surface area contributed by atoms with E-state index < -0.39 is 34.2 Å². The van der Waals surface area contributed by atoms with Crippen LogP contribution in [-0.2, 0) is 26.1 Å². The molecule has 1 aliphatic heterocycles. The Morgan fingerprint density at radius 1 is 1.14 bits per heavy atom. The van der Waals surface area contributed by atoms with Gasteiger partial charge in [-0.2, -0.15) is 4.31 Å². The zero-order chi connectivity index (χ0) is 25.2. The van der Waals surface area contributed by atoms with Crippen LogP contribution in [0.1, 0.15) is 21.7 Å². The lowest BCUT2D eigenvalue weighted by Crippen LogP contribution is -2.54. The molecule has 11 nitrogen and oxygen atoms in total. The molecule has 2 aromatic carbocycles. The molecule has 0 saturated heterocycles. The molecule has 0 spiro atoms. The fraction of sp³-hybridized carbons (Fsp3) is 0.227. The number of rotatable bonds is 6. The number of thiazole rings is 1. The van der Waals surface area contributed by atoms with E-state index in [1.165, 1.54) is 48.2 Å². The van der Waals surface area contributed by atoms with Crippen molar-refractivity contribution in [1.29, 1.82) is 0 Å². The van der Waals surface area contributed by atoms with Crippen molar-refractivity contribution in [2.45, 2.75) is 30.5 Å². The smallest absolute Gasteiger partial charge is 0.412 e. The molecule has 3 N–H and O–H groups in total. The van der Waals surface area contributed by atoms with Gasteiger partial charge in [-0.05, 0) is 43.3 Å². The van der Waals surface area contributed by atoms with Gasteiger partial charge in [0.2, 0.25) is 10.0 Å². The molecule has 3 aromatic rings. The van der Waals surface area contributed by atoms with Crippen molar-refractivity contribution in [2.24, 2.45) is 0 Å². The highest BCUT2D eigenvalue weighted by atomic mass is 32.2. The maximum absolute atomic E-state index is 13.6. The molecule has 0 bridgehead atoms. The summed E-state index contributed by atoms with van der Waals surface area (Å²) in [5.74, 6) is -0.623. The molecule has 0 saturated carbocycles. The second-order valence-electron chi connectivity index (χ2n) is 7.50. The Hall–Kier alpha value is -3.52. The third-order valence-electron chi connectivity index (χ3n) is 5.30. The van der Waals surface area contributed by atoms with Crippen molar-refractivity contribution in [2.75, 3.05) is 12.4 Å². The van der Waals surface area contributed by atoms with E-state index in [4.69, 9.17) is 9.47 Å². The Morgan fingerprint density at radius 2 is 1.83 bits per heavy atom. The minimum absolute atomic E-state index is 0.105. The molecule has 2 atom stereocenters. The molecule has 2 amide bonds. The number of hydrogen-bond acceptors (Lipinski definition) is 9. The number of carbonyl (C=O) groups excluding carboxylic acids is 2. The molecular formula is C22H22N4O7S2. The van der Waals surface area contributed by atoms with Gasteiger partial charge in [-0.25, -0.2) is 23.7 Å². The molecule has 0 fully saturated rings. The molecule has 1 aliphatic rings. The summed E-state index contributed by atoms with van der Waals surface area (Å²) in [6.07, 6.45) is -2.34. The number of benzene rings is 2. The van der Waals surface area contributed by atoms with Gasteiger partial charge in [0.25, 0.3) is 5.91 Å². The number of nitrogens with one attached hydrogen (secondary N) is 2. The topological polar surface area (TPSA) is 147 Å². The number of carbonyl (C=O) groups is 2. The number of aromatic nitrogens is 1. The summed E-state index contributed by atoms with van der Waals surface area (Å²) in [7, 11) is -2.83. The van der Waals surface area contributed by atoms with Gasteiger partial charge in [-0.1, -0.05) is 18.2 Å². The lowest BCUT2D eigenvalue weighted by Gasteiger charge is -2.37. The van der Waals surface area contributed by atoms with E-state index in [1.54, 1.807) is 37.3 Å². The van der Waals surface area contributed by atoms with Crippen molar-refractivity contribution in [3.63, 3.8) is 0 Å². The van der Waals surface area contributed by atoms with Gasteiger partial charge in [0.1, 0.15) is 11.8 Å². The van der Waals surface area contributed by atoms with Crippen LogP contribution >= 0.6 is 11.3 Å². The van der Waals surface area contributed by atoms with Gasteiger partial charge in [0, 0.05) is 10.6 Å². The number of ether oxygens (including phenoxy) is 2. The van der Waals surface area contributed by atoms with E-state index in [9.17, 15) is 23.2 Å². The lowest BCUT2D eigenvalue weighted by molar-refractivity contribution is -0.137. The van der Waals surface area contributed by atoms with Crippen LogP contribution in [-0.4, -0.2) is 48.1 Å². The fourth-order valence-corrected chi connectivity index (χ4v) is 6.33. The van der Waals surface area contributed by atoms with E-state index in [0.29, 0.717) is 21.3 Å². The number of aryl methyl sites for hydroxylation is 1. The molecule has 1 aromatic heterocycles. The van der Waals surface area contributed by atoms with Crippen LogP contribution in [0.4, 0.5) is 10.5 Å². The molecular weight excluding hydrogens is 496 g/mol. The Balaban J connectivity index is 1.74. The first-order valence-corrected chi connectivity index (χ1v) is 12.6. The molecule has 0 aliphatic carbocycles. The molecule has 4 rings (SSSR count).